The molecule has 19 heavy (non-hydrogen) atoms. The Morgan fingerprint density at radius 2 is 1.58 bits per heavy atom. The van der Waals surface area contributed by atoms with Crippen LogP contribution in [0.5, 0.6) is 0 Å². The second kappa shape index (κ2) is 5.24. The summed E-state index contributed by atoms with van der Waals surface area (Å²) in [6.45, 7) is 0.868. The van der Waals surface area contributed by atoms with Crippen molar-refractivity contribution in [3.8, 4) is 0 Å². The van der Waals surface area contributed by atoms with E-state index in [4.69, 9.17) is 5.11 Å². The summed E-state index contributed by atoms with van der Waals surface area (Å²) in [6.07, 6.45) is 0. The molecule has 0 aromatic heterocycles. The predicted molar refractivity (Wildman–Crippen MR) is 77.2 cm³/mol. The maximum absolute atomic E-state index is 10.8. The third-order valence-corrected chi connectivity index (χ3v) is 3.23. The highest BCUT2D eigenvalue weighted by Crippen LogP contribution is 2.22. The standard InChI is InChI=1S/C16H17NO2/c1-17(2,12-13-6-4-3-5-7-13)15-10-8-14(9-11-15)16(18)19/h3-11H,12H2,1-2H3/p+1. The highest BCUT2D eigenvalue weighted by molar-refractivity contribution is 5.87. The lowest BCUT2D eigenvalue weighted by Crippen LogP contribution is -2.39. The van der Waals surface area contributed by atoms with Gasteiger partial charge in [-0.2, -0.15) is 0 Å². The van der Waals surface area contributed by atoms with Crippen LogP contribution in [0.4, 0.5) is 5.69 Å². The zero-order valence-electron chi connectivity index (χ0n) is 11.2. The molecule has 0 radical (unpaired) electrons. The molecule has 2 aromatic carbocycles. The fourth-order valence-corrected chi connectivity index (χ4v) is 2.14. The number of benzene rings is 2. The molecule has 0 saturated heterocycles. The number of nitrogens with zero attached hydrogens (tertiary/aromatic N) is 1. The number of aromatic carboxylic acids is 1. The van der Waals surface area contributed by atoms with Gasteiger partial charge in [-0.25, -0.2) is 4.79 Å². The Kier molecular flexibility index (Phi) is 3.67. The Morgan fingerprint density at radius 3 is 2.11 bits per heavy atom. The first-order valence-electron chi connectivity index (χ1n) is 6.20. The Labute approximate surface area is 113 Å². The summed E-state index contributed by atoms with van der Waals surface area (Å²) in [5, 5.41) is 8.91. The van der Waals surface area contributed by atoms with E-state index in [0.29, 0.717) is 10.0 Å². The molecule has 0 unspecified atom stereocenters. The number of hydrogen-bond acceptors (Lipinski definition) is 1. The first kappa shape index (κ1) is 13.3. The van der Waals surface area contributed by atoms with Crippen molar-refractivity contribution < 1.29 is 9.90 Å². The molecular weight excluding hydrogens is 238 g/mol. The molecule has 98 valence electrons. The second-order valence-corrected chi connectivity index (χ2v) is 5.18. The summed E-state index contributed by atoms with van der Waals surface area (Å²) in [6, 6.07) is 17.3. The number of rotatable bonds is 4. The van der Waals surface area contributed by atoms with Gasteiger partial charge in [-0.05, 0) is 24.3 Å². The fourth-order valence-electron chi connectivity index (χ4n) is 2.14. The lowest BCUT2D eigenvalue weighted by Gasteiger charge is -2.29. The van der Waals surface area contributed by atoms with E-state index >= 15 is 0 Å². The van der Waals surface area contributed by atoms with E-state index in [1.165, 1.54) is 5.56 Å². The summed E-state index contributed by atoms with van der Waals surface area (Å²) in [4.78, 5) is 10.8. The van der Waals surface area contributed by atoms with Crippen LogP contribution < -0.4 is 4.48 Å². The van der Waals surface area contributed by atoms with Crippen LogP contribution in [0.1, 0.15) is 15.9 Å². The minimum atomic E-state index is -0.889. The SMILES string of the molecule is C[N+](C)(Cc1ccccc1)c1ccc(C(=O)O)cc1. The van der Waals surface area contributed by atoms with Crippen LogP contribution in [0.2, 0.25) is 0 Å². The molecule has 3 heteroatoms. The van der Waals surface area contributed by atoms with E-state index < -0.39 is 5.97 Å². The number of carboxylic acids is 1. The van der Waals surface area contributed by atoms with E-state index in [1.807, 2.05) is 30.3 Å². The molecule has 2 rings (SSSR count). The number of carboxylic acid groups (broad SMARTS) is 1. The maximum atomic E-state index is 10.8. The number of carbonyl (C=O) groups is 1. The summed E-state index contributed by atoms with van der Waals surface area (Å²) >= 11 is 0. The van der Waals surface area contributed by atoms with E-state index in [1.54, 1.807) is 12.1 Å². The van der Waals surface area contributed by atoms with Crippen LogP contribution >= 0.6 is 0 Å². The monoisotopic (exact) mass is 256 g/mol. The van der Waals surface area contributed by atoms with Crippen LogP contribution in [0.25, 0.3) is 0 Å². The molecule has 0 fully saturated rings. The van der Waals surface area contributed by atoms with Gasteiger partial charge in [-0.15, -0.1) is 0 Å². The van der Waals surface area contributed by atoms with Crippen molar-refractivity contribution in [3.63, 3.8) is 0 Å². The average Bonchev–Trinajstić information content (AvgIpc) is 2.39. The Bertz CT molecular complexity index is 559. The molecular formula is C16H18NO2+. The average molecular weight is 256 g/mol. The molecule has 0 aliphatic rings. The summed E-state index contributed by atoms with van der Waals surface area (Å²) in [5.41, 5.74) is 2.67. The molecule has 1 N–H and O–H groups in total. The molecule has 0 amide bonds. The first-order valence-corrected chi connectivity index (χ1v) is 6.20. The Balaban J connectivity index is 2.21. The zero-order valence-corrected chi connectivity index (χ0v) is 11.2. The van der Waals surface area contributed by atoms with Crippen molar-refractivity contribution in [2.75, 3.05) is 14.1 Å². The second-order valence-electron chi connectivity index (χ2n) is 5.18. The van der Waals surface area contributed by atoms with E-state index in [9.17, 15) is 4.79 Å². The van der Waals surface area contributed by atoms with Gasteiger partial charge >= 0.3 is 5.97 Å². The van der Waals surface area contributed by atoms with E-state index in [0.717, 1.165) is 12.2 Å². The topological polar surface area (TPSA) is 37.3 Å². The van der Waals surface area contributed by atoms with Gasteiger partial charge < -0.3 is 5.11 Å². The molecule has 0 heterocycles. The van der Waals surface area contributed by atoms with Crippen molar-refractivity contribution in [2.45, 2.75) is 6.54 Å². The molecule has 0 aliphatic carbocycles. The third kappa shape index (κ3) is 3.20. The summed E-state index contributed by atoms with van der Waals surface area (Å²) < 4.78 is 0.684. The van der Waals surface area contributed by atoms with Gasteiger partial charge in [-0.1, -0.05) is 30.3 Å². The van der Waals surface area contributed by atoms with Crippen molar-refractivity contribution in [1.82, 2.24) is 4.48 Å². The minimum Gasteiger partial charge on any atom is -0.478 e. The van der Waals surface area contributed by atoms with Gasteiger partial charge in [0.05, 0.1) is 19.7 Å². The molecule has 0 atom stereocenters. The van der Waals surface area contributed by atoms with Crippen molar-refractivity contribution in [3.05, 3.63) is 65.7 Å². The number of quaternary nitrogens is 1. The zero-order chi connectivity index (χ0) is 13.9. The third-order valence-electron chi connectivity index (χ3n) is 3.23. The van der Waals surface area contributed by atoms with Crippen LogP contribution in [0.3, 0.4) is 0 Å². The molecule has 0 spiro atoms. The van der Waals surface area contributed by atoms with Gasteiger partial charge in [0.2, 0.25) is 0 Å². The minimum absolute atomic E-state index is 0.323. The summed E-state index contributed by atoms with van der Waals surface area (Å²) in [7, 11) is 4.23. The maximum Gasteiger partial charge on any atom is 0.335 e. The van der Waals surface area contributed by atoms with E-state index in [-0.39, 0.29) is 0 Å². The highest BCUT2D eigenvalue weighted by atomic mass is 16.4. The lowest BCUT2D eigenvalue weighted by molar-refractivity contribution is 0.0697. The number of hydrogen-bond donors (Lipinski definition) is 1. The normalized spacial score (nSPS) is 11.3. The quantitative estimate of drug-likeness (QED) is 0.853. The van der Waals surface area contributed by atoms with Crippen molar-refractivity contribution >= 4 is 11.7 Å². The molecule has 3 nitrogen and oxygen atoms in total. The van der Waals surface area contributed by atoms with Crippen LogP contribution in [0, 0.1) is 0 Å². The predicted octanol–water partition coefficient (Wildman–Crippen LogP) is 3.15. The van der Waals surface area contributed by atoms with Gasteiger partial charge in [0.15, 0.2) is 0 Å². The van der Waals surface area contributed by atoms with Crippen LogP contribution in [0.15, 0.2) is 54.6 Å². The molecule has 2 aromatic rings. The van der Waals surface area contributed by atoms with Crippen LogP contribution in [-0.2, 0) is 6.54 Å². The fraction of sp³-hybridized carbons (Fsp3) is 0.188. The van der Waals surface area contributed by atoms with Gasteiger partial charge in [0.1, 0.15) is 12.2 Å². The van der Waals surface area contributed by atoms with Gasteiger partial charge in [0.25, 0.3) is 0 Å². The smallest absolute Gasteiger partial charge is 0.335 e. The van der Waals surface area contributed by atoms with Gasteiger partial charge in [0, 0.05) is 5.56 Å². The lowest BCUT2D eigenvalue weighted by atomic mass is 10.1. The van der Waals surface area contributed by atoms with E-state index in [2.05, 4.69) is 26.2 Å². The van der Waals surface area contributed by atoms with Crippen molar-refractivity contribution in [1.29, 1.82) is 0 Å². The summed E-state index contributed by atoms with van der Waals surface area (Å²) in [5.74, 6) is -0.889. The molecule has 0 aliphatic heterocycles. The highest BCUT2D eigenvalue weighted by Gasteiger charge is 2.19. The molecule has 0 saturated carbocycles. The van der Waals surface area contributed by atoms with Crippen LogP contribution in [-0.4, -0.2) is 25.2 Å². The van der Waals surface area contributed by atoms with Gasteiger partial charge in [-0.3, -0.25) is 4.48 Å². The first-order chi connectivity index (χ1) is 8.99. The Hall–Kier alpha value is -2.13. The molecule has 0 bridgehead atoms. The van der Waals surface area contributed by atoms with Crippen molar-refractivity contribution in [2.24, 2.45) is 0 Å². The Morgan fingerprint density at radius 1 is 1.00 bits per heavy atom. The largest absolute Gasteiger partial charge is 0.478 e.